The van der Waals surface area contributed by atoms with Gasteiger partial charge in [-0.2, -0.15) is 0 Å². The van der Waals surface area contributed by atoms with Crippen LogP contribution in [0.1, 0.15) is 135 Å². The lowest BCUT2D eigenvalue weighted by molar-refractivity contribution is 0.184. The number of benzene rings is 8. The average Bonchev–Trinajstić information content (AvgIpc) is 1.63. The van der Waals surface area contributed by atoms with E-state index >= 15 is 0 Å². The summed E-state index contributed by atoms with van der Waals surface area (Å²) < 4.78 is 0. The van der Waals surface area contributed by atoms with Crippen molar-refractivity contribution in [3.05, 3.63) is 376 Å². The number of phenolic OH excluding ortho intramolecular Hbond substituents is 3. The van der Waals surface area contributed by atoms with Crippen LogP contribution in [0.5, 0.6) is 17.2 Å². The SMILES string of the molecule is C=CCc1cc(Cc2c(CC=C)c(Cc3cc(CC=C)c(O)c(CC=C)c3)c(CC=C)c(Cc3cc(CC=C)c(O)c(CC=C)c3)c2CC=C)cc(CC=C)c1O.OC(c1ccccc1)c1cccc(C(O)c2ccccc2)c1C(O)c1ccccc1. The summed E-state index contributed by atoms with van der Waals surface area (Å²) in [6, 6.07) is 46.0. The van der Waals surface area contributed by atoms with Crippen molar-refractivity contribution in [3.63, 3.8) is 0 Å². The highest BCUT2D eigenvalue weighted by Gasteiger charge is 2.28. The molecule has 0 aromatic heterocycles. The van der Waals surface area contributed by atoms with Crippen LogP contribution in [-0.2, 0) is 77.0 Å². The zero-order valence-electron chi connectivity index (χ0n) is 50.3. The number of rotatable bonds is 30. The Morgan fingerprint density at radius 3 is 0.736 bits per heavy atom. The monoisotopic (exact) mass is 1150 g/mol. The Bertz CT molecular complexity index is 3310. The van der Waals surface area contributed by atoms with E-state index in [1.165, 1.54) is 33.4 Å². The number of allylic oxidation sites excluding steroid dienone is 9. The molecule has 0 amide bonds. The van der Waals surface area contributed by atoms with Gasteiger partial charge in [0, 0.05) is 0 Å². The van der Waals surface area contributed by atoms with Crippen molar-refractivity contribution in [2.75, 3.05) is 0 Å². The fourth-order valence-electron chi connectivity index (χ4n) is 12.0. The molecular weight excluding hydrogens is 1070 g/mol. The van der Waals surface area contributed by atoms with E-state index in [4.69, 9.17) is 0 Å². The Morgan fingerprint density at radius 2 is 0.506 bits per heavy atom. The first-order valence-corrected chi connectivity index (χ1v) is 29.8. The smallest absolute Gasteiger partial charge is 0.122 e. The lowest BCUT2D eigenvalue weighted by Gasteiger charge is -2.28. The van der Waals surface area contributed by atoms with Crippen LogP contribution in [0.15, 0.2) is 259 Å². The van der Waals surface area contributed by atoms with Gasteiger partial charge in [-0.25, -0.2) is 0 Å². The summed E-state index contributed by atoms with van der Waals surface area (Å²) in [7, 11) is 0. The molecule has 0 radical (unpaired) electrons. The first kappa shape index (κ1) is 65.2. The molecule has 87 heavy (non-hydrogen) atoms. The van der Waals surface area contributed by atoms with E-state index in [1.807, 2.05) is 152 Å². The molecule has 0 fully saturated rings. The summed E-state index contributed by atoms with van der Waals surface area (Å²) in [4.78, 5) is 0. The molecule has 0 saturated heterocycles. The molecule has 0 bridgehead atoms. The van der Waals surface area contributed by atoms with Crippen LogP contribution in [-0.4, -0.2) is 30.6 Å². The van der Waals surface area contributed by atoms with Crippen molar-refractivity contribution in [1.29, 1.82) is 0 Å². The average molecular weight is 1150 g/mol. The Kier molecular flexibility index (Phi) is 24.2. The molecule has 0 aliphatic carbocycles. The summed E-state index contributed by atoms with van der Waals surface area (Å²) in [6.45, 7) is 36.5. The Labute approximate surface area is 516 Å². The Morgan fingerprint density at radius 1 is 0.276 bits per heavy atom. The molecule has 444 valence electrons. The second-order valence-corrected chi connectivity index (χ2v) is 21.9. The third-order valence-corrected chi connectivity index (χ3v) is 15.9. The van der Waals surface area contributed by atoms with E-state index in [-0.39, 0.29) is 17.2 Å². The minimum absolute atomic E-state index is 0.287. The minimum atomic E-state index is -0.992. The summed E-state index contributed by atoms with van der Waals surface area (Å²) in [5, 5.41) is 67.3. The number of aromatic hydroxyl groups is 3. The molecule has 0 heterocycles. The molecule has 0 aliphatic rings. The predicted octanol–water partition coefficient (Wildman–Crippen LogP) is 17.1. The quantitative estimate of drug-likeness (QED) is 0.0250. The summed E-state index contributed by atoms with van der Waals surface area (Å²) in [6.07, 6.45) is 21.0. The molecular formula is C81H84O6. The first-order valence-electron chi connectivity index (χ1n) is 29.8. The van der Waals surface area contributed by atoms with Crippen molar-refractivity contribution in [1.82, 2.24) is 0 Å². The molecule has 6 heteroatoms. The maximum atomic E-state index is 11.3. The van der Waals surface area contributed by atoms with Gasteiger partial charge in [0.1, 0.15) is 35.6 Å². The highest BCUT2D eigenvalue weighted by Crippen LogP contribution is 2.41. The molecule has 0 spiro atoms. The number of hydrogen-bond acceptors (Lipinski definition) is 6. The van der Waals surface area contributed by atoms with E-state index in [2.05, 4.69) is 95.6 Å². The van der Waals surface area contributed by atoms with Crippen LogP contribution in [0, 0.1) is 0 Å². The van der Waals surface area contributed by atoms with Gasteiger partial charge < -0.3 is 30.6 Å². The van der Waals surface area contributed by atoms with Crippen molar-refractivity contribution < 1.29 is 30.6 Å². The number of aliphatic hydroxyl groups is 3. The van der Waals surface area contributed by atoms with Gasteiger partial charge in [0.15, 0.2) is 0 Å². The lowest BCUT2D eigenvalue weighted by atomic mass is 9.77. The van der Waals surface area contributed by atoms with Crippen LogP contribution >= 0.6 is 0 Å². The molecule has 8 rings (SSSR count). The summed E-state index contributed by atoms with van der Waals surface area (Å²) in [5.74, 6) is 0.861. The van der Waals surface area contributed by atoms with E-state index in [0.717, 1.165) is 61.2 Å². The molecule has 0 saturated carbocycles. The fraction of sp³-hybridized carbons (Fsp3) is 0.185. The van der Waals surface area contributed by atoms with E-state index in [0.29, 0.717) is 99.3 Å². The summed E-state index contributed by atoms with van der Waals surface area (Å²) in [5.41, 5.74) is 19.3. The number of phenols is 3. The molecule has 3 unspecified atom stereocenters. The van der Waals surface area contributed by atoms with Gasteiger partial charge >= 0.3 is 0 Å². The molecule has 0 aliphatic heterocycles. The standard InChI is InChI=1S/C54H60O3.C27H24O3/c1-10-19-40-28-37(29-41(20-11-2)52(40)55)34-49-46(25-16-7)50(35-38-30-42(21-12-3)53(56)43(31-38)22-13-4)48(27-18-9)51(47(49)26-17-8)36-39-32-44(23-14-5)54(57)45(33-39)24-15-6;28-25(19-11-4-1-5-12-19)22-17-10-18-23(26(29)20-13-6-2-7-14-20)24(22)27(30)21-15-8-3-9-16-21/h10-18,28-33,55-57H,1-9,19-27,34-36H2;1-18,25-30H. The number of aliphatic hydroxyl groups excluding tert-OH is 3. The maximum Gasteiger partial charge on any atom is 0.122 e. The maximum absolute atomic E-state index is 11.3. The zero-order valence-corrected chi connectivity index (χ0v) is 50.3. The van der Waals surface area contributed by atoms with Gasteiger partial charge in [-0.15, -0.1) is 59.2 Å². The second kappa shape index (κ2) is 32.3. The molecule has 3 atom stereocenters. The molecule has 6 nitrogen and oxygen atoms in total. The van der Waals surface area contributed by atoms with Crippen LogP contribution in [0.2, 0.25) is 0 Å². The fourth-order valence-corrected chi connectivity index (χ4v) is 12.0. The van der Waals surface area contributed by atoms with Crippen LogP contribution in [0.4, 0.5) is 0 Å². The predicted molar refractivity (Wildman–Crippen MR) is 362 cm³/mol. The third kappa shape index (κ3) is 16.0. The first-order chi connectivity index (χ1) is 42.3. The van der Waals surface area contributed by atoms with E-state index < -0.39 is 18.3 Å². The van der Waals surface area contributed by atoms with Gasteiger partial charge in [-0.1, -0.05) is 200 Å². The van der Waals surface area contributed by atoms with Crippen LogP contribution in [0.3, 0.4) is 0 Å². The molecule has 8 aromatic carbocycles. The van der Waals surface area contributed by atoms with E-state index in [9.17, 15) is 30.6 Å². The largest absolute Gasteiger partial charge is 0.507 e. The van der Waals surface area contributed by atoms with Crippen LogP contribution in [0.25, 0.3) is 0 Å². The highest BCUT2D eigenvalue weighted by atomic mass is 16.3. The second-order valence-electron chi connectivity index (χ2n) is 21.9. The van der Waals surface area contributed by atoms with Crippen molar-refractivity contribution in [2.45, 2.75) is 95.4 Å². The normalized spacial score (nSPS) is 11.9. The third-order valence-electron chi connectivity index (χ3n) is 15.9. The number of hydrogen-bond donors (Lipinski definition) is 6. The van der Waals surface area contributed by atoms with Gasteiger partial charge in [0.25, 0.3) is 0 Å². The zero-order chi connectivity index (χ0) is 62.4. The van der Waals surface area contributed by atoms with Gasteiger partial charge in [-0.3, -0.25) is 0 Å². The topological polar surface area (TPSA) is 121 Å². The molecule has 6 N–H and O–H groups in total. The molecule has 8 aromatic rings. The van der Waals surface area contributed by atoms with Crippen molar-refractivity contribution >= 4 is 0 Å². The summed E-state index contributed by atoms with van der Waals surface area (Å²) >= 11 is 0. The van der Waals surface area contributed by atoms with Crippen LogP contribution < -0.4 is 0 Å². The van der Waals surface area contributed by atoms with Crippen molar-refractivity contribution in [3.8, 4) is 17.2 Å². The van der Waals surface area contributed by atoms with E-state index in [1.54, 1.807) is 12.1 Å². The Balaban J connectivity index is 0.000000300. The van der Waals surface area contributed by atoms with Crippen molar-refractivity contribution in [2.24, 2.45) is 0 Å². The van der Waals surface area contributed by atoms with Gasteiger partial charge in [0.2, 0.25) is 0 Å². The highest BCUT2D eigenvalue weighted by molar-refractivity contribution is 5.60. The Hall–Kier alpha value is -9.30. The van der Waals surface area contributed by atoms with Gasteiger partial charge in [0.05, 0.1) is 0 Å². The van der Waals surface area contributed by atoms with Gasteiger partial charge in [-0.05, 0) is 194 Å². The lowest BCUT2D eigenvalue weighted by Crippen LogP contribution is -2.15. The minimum Gasteiger partial charge on any atom is -0.507 e.